The predicted molar refractivity (Wildman–Crippen MR) is 381 cm³/mol. The van der Waals surface area contributed by atoms with Gasteiger partial charge in [-0.2, -0.15) is 0 Å². The molecule has 0 saturated carbocycles. The highest BCUT2D eigenvalue weighted by molar-refractivity contribution is 7.47. The van der Waals surface area contributed by atoms with Gasteiger partial charge in [-0.1, -0.05) is 295 Å². The molecule has 5 atom stereocenters. The molecule has 0 aliphatic carbocycles. The first-order valence-electron chi connectivity index (χ1n) is 38.2. The molecule has 0 saturated heterocycles. The van der Waals surface area contributed by atoms with Crippen LogP contribution < -0.4 is 0 Å². The van der Waals surface area contributed by atoms with Crippen molar-refractivity contribution in [2.24, 2.45) is 0 Å². The number of hydrogen-bond donors (Lipinski definition) is 3. The second-order valence-corrected chi connectivity index (χ2v) is 28.9. The van der Waals surface area contributed by atoms with Crippen molar-refractivity contribution in [3.8, 4) is 0 Å². The maximum atomic E-state index is 13.1. The lowest BCUT2D eigenvalue weighted by Crippen LogP contribution is -2.30. The molecule has 2 unspecified atom stereocenters. The molecule has 19 heteroatoms. The number of carbonyl (C=O) groups is 4. The smallest absolute Gasteiger partial charge is 0.462 e. The number of esters is 4. The molecule has 0 aromatic carbocycles. The van der Waals surface area contributed by atoms with E-state index in [9.17, 15) is 43.2 Å². The number of phosphoric acid groups is 2. The highest BCUT2D eigenvalue weighted by atomic mass is 31.2. The Kier molecular flexibility index (Phi) is 66.8. The third-order valence-corrected chi connectivity index (χ3v) is 18.5. The van der Waals surface area contributed by atoms with E-state index in [-0.39, 0.29) is 25.7 Å². The highest BCUT2D eigenvalue weighted by Crippen LogP contribution is 2.45. The zero-order valence-corrected chi connectivity index (χ0v) is 61.9. The van der Waals surface area contributed by atoms with Crippen molar-refractivity contribution in [2.45, 2.75) is 380 Å². The molecule has 0 aliphatic heterocycles. The Bertz CT molecular complexity index is 1930. The lowest BCUT2D eigenvalue weighted by Gasteiger charge is -2.21. The maximum Gasteiger partial charge on any atom is 0.472 e. The number of ether oxygens (including phenoxy) is 4. The van der Waals surface area contributed by atoms with Crippen molar-refractivity contribution in [1.82, 2.24) is 0 Å². The molecule has 17 nitrogen and oxygen atoms in total. The summed E-state index contributed by atoms with van der Waals surface area (Å²) in [6.45, 7) is 4.88. The monoisotopic (exact) mass is 1370 g/mol. The molecule has 0 rings (SSSR count). The van der Waals surface area contributed by atoms with Crippen LogP contribution in [0.3, 0.4) is 0 Å². The summed E-state index contributed by atoms with van der Waals surface area (Å²) in [5, 5.41) is 10.6. The largest absolute Gasteiger partial charge is 0.472 e. The number of phosphoric ester groups is 2. The van der Waals surface area contributed by atoms with Crippen LogP contribution in [0.25, 0.3) is 0 Å². The lowest BCUT2D eigenvalue weighted by atomic mass is 10.0. The van der Waals surface area contributed by atoms with Crippen molar-refractivity contribution >= 4 is 39.5 Å². The highest BCUT2D eigenvalue weighted by Gasteiger charge is 2.30. The molecular weight excluding hydrogens is 1230 g/mol. The first-order chi connectivity index (χ1) is 45.7. The van der Waals surface area contributed by atoms with E-state index in [1.165, 1.54) is 161 Å². The molecule has 0 amide bonds. The van der Waals surface area contributed by atoms with Crippen LogP contribution in [-0.4, -0.2) is 96.7 Å². The molecule has 0 aromatic rings. The van der Waals surface area contributed by atoms with Crippen molar-refractivity contribution in [1.29, 1.82) is 0 Å². The van der Waals surface area contributed by atoms with Crippen LogP contribution in [-0.2, 0) is 65.4 Å². The van der Waals surface area contributed by atoms with E-state index in [1.807, 2.05) is 0 Å². The van der Waals surface area contributed by atoms with Gasteiger partial charge in [0.2, 0.25) is 0 Å². The summed E-state index contributed by atoms with van der Waals surface area (Å²) in [6, 6.07) is 0. The average molecular weight is 1380 g/mol. The molecule has 3 N–H and O–H groups in total. The summed E-state index contributed by atoms with van der Waals surface area (Å²) in [5.74, 6) is -2.16. The Balaban J connectivity index is 5.30. The lowest BCUT2D eigenvalue weighted by molar-refractivity contribution is -0.161. The quantitative estimate of drug-likeness (QED) is 0.0128. The van der Waals surface area contributed by atoms with E-state index in [4.69, 9.17) is 37.0 Å². The third kappa shape index (κ3) is 67.8. The maximum absolute atomic E-state index is 13.1. The van der Waals surface area contributed by atoms with Crippen molar-refractivity contribution < 1.29 is 80.2 Å². The minimum absolute atomic E-state index is 0.0873. The summed E-state index contributed by atoms with van der Waals surface area (Å²) in [5.41, 5.74) is 0. The molecule has 0 spiro atoms. The van der Waals surface area contributed by atoms with E-state index < -0.39 is 97.5 Å². The van der Waals surface area contributed by atoms with Crippen LogP contribution in [0.15, 0.2) is 36.5 Å². The number of allylic oxidation sites excluding steroid dienone is 6. The molecule has 0 aliphatic rings. The van der Waals surface area contributed by atoms with Crippen molar-refractivity contribution in [3.05, 3.63) is 36.5 Å². The molecule has 0 aromatic heterocycles. The van der Waals surface area contributed by atoms with E-state index in [2.05, 4.69) is 64.2 Å². The van der Waals surface area contributed by atoms with Gasteiger partial charge in [0.05, 0.1) is 26.4 Å². The summed E-state index contributed by atoms with van der Waals surface area (Å²) in [6.07, 6.45) is 62.7. The van der Waals surface area contributed by atoms with Gasteiger partial charge in [0, 0.05) is 25.7 Å². The van der Waals surface area contributed by atoms with Gasteiger partial charge in [-0.25, -0.2) is 9.13 Å². The normalized spacial score (nSPS) is 14.2. The Hall–Kier alpha value is -2.72. The SMILES string of the molecule is CCCCCC/C=C\C=C/CCCCCCCC(=O)OC[C@H](COP(=O)(O)OC[C@@H](O)COP(=O)(O)OC[C@@H](COC(=O)CCCCCCCCCCCCCCC)OC(=O)CCCCCCCCCCCCCCC)OC(=O)CCCCCCC/C=C\CCCCCC. The Morgan fingerprint density at radius 1 is 0.298 bits per heavy atom. The van der Waals surface area contributed by atoms with Crippen LogP contribution in [0.4, 0.5) is 0 Å². The zero-order valence-electron chi connectivity index (χ0n) is 60.2. The summed E-state index contributed by atoms with van der Waals surface area (Å²) < 4.78 is 68.4. The Morgan fingerprint density at radius 2 is 0.521 bits per heavy atom. The summed E-state index contributed by atoms with van der Waals surface area (Å²) >= 11 is 0. The van der Waals surface area contributed by atoms with E-state index in [0.29, 0.717) is 25.7 Å². The van der Waals surface area contributed by atoms with E-state index in [0.717, 1.165) is 122 Å². The second-order valence-electron chi connectivity index (χ2n) is 26.0. The predicted octanol–water partition coefficient (Wildman–Crippen LogP) is 21.6. The van der Waals surface area contributed by atoms with Crippen molar-refractivity contribution in [2.75, 3.05) is 39.6 Å². The van der Waals surface area contributed by atoms with E-state index >= 15 is 0 Å². The van der Waals surface area contributed by atoms with E-state index in [1.54, 1.807) is 0 Å². The van der Waals surface area contributed by atoms with Gasteiger partial charge in [0.25, 0.3) is 0 Å². The fourth-order valence-corrected chi connectivity index (χ4v) is 12.3. The summed E-state index contributed by atoms with van der Waals surface area (Å²) in [7, 11) is -9.93. The molecule has 552 valence electrons. The number of unbranched alkanes of at least 4 members (excludes halogenated alkanes) is 42. The fourth-order valence-electron chi connectivity index (χ4n) is 10.7. The molecule has 0 radical (unpaired) electrons. The third-order valence-electron chi connectivity index (χ3n) is 16.6. The van der Waals surface area contributed by atoms with Crippen LogP contribution in [0.5, 0.6) is 0 Å². The zero-order chi connectivity index (χ0) is 69.0. The molecule has 0 fully saturated rings. The molecule has 0 heterocycles. The molecule has 94 heavy (non-hydrogen) atoms. The van der Waals surface area contributed by atoms with Gasteiger partial charge in [-0.05, 0) is 77.0 Å². The Labute approximate surface area is 573 Å². The van der Waals surface area contributed by atoms with Gasteiger partial charge in [0.1, 0.15) is 19.3 Å². The number of rotatable bonds is 73. The number of carbonyl (C=O) groups excluding carboxylic acids is 4. The van der Waals surface area contributed by atoms with Crippen molar-refractivity contribution in [3.63, 3.8) is 0 Å². The average Bonchev–Trinajstić information content (AvgIpc) is 1.67. The van der Waals surface area contributed by atoms with Gasteiger partial charge >= 0.3 is 39.5 Å². The number of hydrogen-bond acceptors (Lipinski definition) is 15. The first kappa shape index (κ1) is 91.3. The van der Waals surface area contributed by atoms with Gasteiger partial charge in [0.15, 0.2) is 12.2 Å². The van der Waals surface area contributed by atoms with Crippen LogP contribution >= 0.6 is 15.6 Å². The summed E-state index contributed by atoms with van der Waals surface area (Å²) in [4.78, 5) is 72.7. The van der Waals surface area contributed by atoms with Crippen LogP contribution in [0.1, 0.15) is 362 Å². The standard InChI is InChI=1S/C75H140O17P2/c1-5-9-13-17-21-25-29-33-34-38-40-44-48-52-56-60-73(78)86-66-71(92-75(80)62-58-54-50-46-42-37-32-28-24-20-16-12-8-4)68-90-94(83,84)88-64-69(76)63-87-93(81,82)89-67-70(91-74(79)61-57-53-49-45-41-36-31-27-23-19-15-11-7-3)65-85-72(77)59-55-51-47-43-39-35-30-26-22-18-14-10-6-2/h25,28-29,32-34,69-71,76H,5-24,26-27,30-31,35-68H2,1-4H3,(H,81,82)(H,83,84)/b29-25-,32-28-,34-33-/t69-,70+,71+/m0/s1. The number of aliphatic hydroxyl groups is 1. The minimum atomic E-state index is -4.97. The van der Waals surface area contributed by atoms with Crippen LogP contribution in [0, 0.1) is 0 Å². The topological polar surface area (TPSA) is 237 Å². The Morgan fingerprint density at radius 3 is 0.809 bits per heavy atom. The van der Waals surface area contributed by atoms with Gasteiger partial charge in [-0.3, -0.25) is 37.3 Å². The minimum Gasteiger partial charge on any atom is -0.462 e. The second kappa shape index (κ2) is 68.8. The van der Waals surface area contributed by atoms with Gasteiger partial charge < -0.3 is 33.8 Å². The number of aliphatic hydroxyl groups excluding tert-OH is 1. The van der Waals surface area contributed by atoms with Gasteiger partial charge in [-0.15, -0.1) is 0 Å². The fraction of sp³-hybridized carbons (Fsp3) is 0.867. The van der Waals surface area contributed by atoms with Crippen LogP contribution in [0.2, 0.25) is 0 Å². The molecule has 0 bridgehead atoms. The molecular formula is C75H140O17P2. The first-order valence-corrected chi connectivity index (χ1v) is 41.2.